The van der Waals surface area contributed by atoms with E-state index in [0.29, 0.717) is 0 Å². The lowest BCUT2D eigenvalue weighted by Crippen LogP contribution is -1.75. The van der Waals surface area contributed by atoms with Gasteiger partial charge in [-0.15, -0.1) is 11.3 Å². The fourth-order valence-corrected chi connectivity index (χ4v) is 2.52. The first-order chi connectivity index (χ1) is 6.20. The largest absolute Gasteiger partial charge is 0.136 e. The summed E-state index contributed by atoms with van der Waals surface area (Å²) >= 11 is 1.86. The normalized spacial score (nSPS) is 12.0. The molecule has 13 heavy (non-hydrogen) atoms. The van der Waals surface area contributed by atoms with E-state index in [-0.39, 0.29) is 0 Å². The van der Waals surface area contributed by atoms with E-state index < -0.39 is 0 Å². The van der Waals surface area contributed by atoms with Crippen molar-refractivity contribution in [1.29, 1.82) is 0 Å². The summed E-state index contributed by atoms with van der Waals surface area (Å²) in [5.41, 5.74) is 2.83. The summed E-state index contributed by atoms with van der Waals surface area (Å²) in [6.07, 6.45) is 8.55. The smallest absolute Gasteiger partial charge is 0.0305 e. The Kier molecular flexibility index (Phi) is 3.49. The highest BCUT2D eigenvalue weighted by Crippen LogP contribution is 2.29. The molecule has 0 N–H and O–H groups in total. The minimum Gasteiger partial charge on any atom is -0.136 e. The van der Waals surface area contributed by atoms with Gasteiger partial charge < -0.3 is 0 Å². The van der Waals surface area contributed by atoms with Gasteiger partial charge >= 0.3 is 0 Å². The van der Waals surface area contributed by atoms with Crippen LogP contribution in [-0.2, 0) is 0 Å². The van der Waals surface area contributed by atoms with Crippen LogP contribution in [0.1, 0.15) is 34.7 Å². The lowest BCUT2D eigenvalue weighted by atomic mass is 10.1. The summed E-state index contributed by atoms with van der Waals surface area (Å²) in [5, 5.41) is 0. The highest BCUT2D eigenvalue weighted by Gasteiger charge is 2.06. The minimum absolute atomic E-state index is 1.38. The van der Waals surface area contributed by atoms with Gasteiger partial charge in [0.2, 0.25) is 0 Å². The van der Waals surface area contributed by atoms with Crippen molar-refractivity contribution in [3.8, 4) is 0 Å². The average molecular weight is 192 g/mol. The second kappa shape index (κ2) is 4.43. The number of thiophene rings is 1. The zero-order chi connectivity index (χ0) is 9.84. The molecule has 0 fully saturated rings. The molecule has 1 heteroatoms. The van der Waals surface area contributed by atoms with Gasteiger partial charge in [0.15, 0.2) is 0 Å². The molecule has 0 amide bonds. The van der Waals surface area contributed by atoms with Gasteiger partial charge in [0.05, 0.1) is 0 Å². The molecule has 0 nitrogen and oxygen atoms in total. The molecule has 0 saturated carbocycles. The Morgan fingerprint density at radius 1 is 0.846 bits per heavy atom. The average Bonchev–Trinajstić information content (AvgIpc) is 2.36. The molecule has 0 atom stereocenters. The van der Waals surface area contributed by atoms with Crippen LogP contribution < -0.4 is 0 Å². The molecule has 0 radical (unpaired) electrons. The van der Waals surface area contributed by atoms with Gasteiger partial charge in [0.1, 0.15) is 0 Å². The van der Waals surface area contributed by atoms with Crippen LogP contribution in [-0.4, -0.2) is 0 Å². The molecular formula is C12H16S. The summed E-state index contributed by atoms with van der Waals surface area (Å²) in [4.78, 5) is 2.77. The molecule has 0 aromatic carbocycles. The summed E-state index contributed by atoms with van der Waals surface area (Å²) < 4.78 is 0. The maximum atomic E-state index is 2.19. The van der Waals surface area contributed by atoms with Crippen molar-refractivity contribution in [2.45, 2.75) is 27.7 Å². The third-order valence-corrected chi connectivity index (χ3v) is 3.48. The Morgan fingerprint density at radius 3 is 1.54 bits per heavy atom. The van der Waals surface area contributed by atoms with Crippen molar-refractivity contribution in [2.75, 3.05) is 0 Å². The Bertz CT molecular complexity index is 308. The van der Waals surface area contributed by atoms with E-state index in [1.807, 2.05) is 11.3 Å². The number of hydrogen-bond donors (Lipinski definition) is 0. The standard InChI is InChI=1S/C12H16S/c1-5-7-11-9(3)10(4)12(13-11)8-6-2/h5-8H,1-4H3/b7-5+,8-6?. The van der Waals surface area contributed by atoms with Crippen molar-refractivity contribution in [2.24, 2.45) is 0 Å². The van der Waals surface area contributed by atoms with Crippen molar-refractivity contribution >= 4 is 23.5 Å². The number of hydrogen-bond acceptors (Lipinski definition) is 1. The Balaban J connectivity index is 3.19. The third-order valence-electron chi connectivity index (χ3n) is 2.16. The Hall–Kier alpha value is -0.820. The molecule has 1 heterocycles. The summed E-state index contributed by atoms with van der Waals surface area (Å²) in [7, 11) is 0. The van der Waals surface area contributed by atoms with Gasteiger partial charge in [-0.1, -0.05) is 12.2 Å². The highest BCUT2D eigenvalue weighted by atomic mass is 32.1. The first kappa shape index (κ1) is 10.3. The highest BCUT2D eigenvalue weighted by molar-refractivity contribution is 7.14. The topological polar surface area (TPSA) is 0 Å². The molecule has 0 aliphatic heterocycles. The van der Waals surface area contributed by atoms with Crippen molar-refractivity contribution in [1.82, 2.24) is 0 Å². The fourth-order valence-electron chi connectivity index (χ4n) is 1.26. The zero-order valence-corrected chi connectivity index (χ0v) is 9.53. The van der Waals surface area contributed by atoms with Crippen LogP contribution in [0.25, 0.3) is 12.2 Å². The number of rotatable bonds is 2. The van der Waals surface area contributed by atoms with Gasteiger partial charge in [0.25, 0.3) is 0 Å². The molecule has 0 spiro atoms. The van der Waals surface area contributed by atoms with Crippen LogP contribution in [0, 0.1) is 13.8 Å². The molecule has 70 valence electrons. The monoisotopic (exact) mass is 192 g/mol. The van der Waals surface area contributed by atoms with Gasteiger partial charge in [0, 0.05) is 9.75 Å². The molecule has 0 saturated heterocycles. The van der Waals surface area contributed by atoms with Gasteiger partial charge in [-0.25, -0.2) is 0 Å². The van der Waals surface area contributed by atoms with Crippen LogP contribution in [0.3, 0.4) is 0 Å². The predicted molar refractivity (Wildman–Crippen MR) is 63.2 cm³/mol. The number of allylic oxidation sites excluding steroid dienone is 2. The zero-order valence-electron chi connectivity index (χ0n) is 8.72. The van der Waals surface area contributed by atoms with Crippen LogP contribution in [0.5, 0.6) is 0 Å². The molecular weight excluding hydrogens is 176 g/mol. The second-order valence-corrected chi connectivity index (χ2v) is 4.16. The van der Waals surface area contributed by atoms with Gasteiger partial charge in [-0.2, -0.15) is 0 Å². The Labute approximate surface area is 84.6 Å². The maximum Gasteiger partial charge on any atom is 0.0305 e. The SMILES string of the molecule is CC=Cc1sc(/C=C/C)c(C)c1C. The quantitative estimate of drug-likeness (QED) is 0.650. The van der Waals surface area contributed by atoms with Crippen LogP contribution >= 0.6 is 11.3 Å². The summed E-state index contributed by atoms with van der Waals surface area (Å²) in [6, 6.07) is 0. The van der Waals surface area contributed by atoms with Gasteiger partial charge in [-0.05, 0) is 51.0 Å². The minimum atomic E-state index is 1.38. The molecule has 0 aliphatic carbocycles. The lowest BCUT2D eigenvalue weighted by Gasteiger charge is -1.91. The second-order valence-electron chi connectivity index (χ2n) is 3.08. The van der Waals surface area contributed by atoms with E-state index in [0.717, 1.165) is 0 Å². The first-order valence-electron chi connectivity index (χ1n) is 4.56. The lowest BCUT2D eigenvalue weighted by molar-refractivity contribution is 1.38. The van der Waals surface area contributed by atoms with E-state index in [1.165, 1.54) is 20.9 Å². The van der Waals surface area contributed by atoms with Crippen LogP contribution in [0.15, 0.2) is 12.2 Å². The van der Waals surface area contributed by atoms with Crippen molar-refractivity contribution in [3.63, 3.8) is 0 Å². The molecule has 0 unspecified atom stereocenters. The molecule has 1 rings (SSSR count). The van der Waals surface area contributed by atoms with E-state index in [9.17, 15) is 0 Å². The van der Waals surface area contributed by atoms with Crippen molar-refractivity contribution in [3.05, 3.63) is 33.0 Å². The van der Waals surface area contributed by atoms with E-state index >= 15 is 0 Å². The Morgan fingerprint density at radius 2 is 1.23 bits per heavy atom. The maximum absolute atomic E-state index is 2.19. The van der Waals surface area contributed by atoms with E-state index in [4.69, 9.17) is 0 Å². The molecule has 1 aromatic heterocycles. The molecule has 1 aromatic rings. The molecule has 0 bridgehead atoms. The summed E-state index contributed by atoms with van der Waals surface area (Å²) in [6.45, 7) is 8.50. The summed E-state index contributed by atoms with van der Waals surface area (Å²) in [5.74, 6) is 0. The third kappa shape index (κ3) is 2.10. The molecule has 0 aliphatic rings. The van der Waals surface area contributed by atoms with E-state index in [2.05, 4.69) is 52.0 Å². The van der Waals surface area contributed by atoms with Crippen molar-refractivity contribution < 1.29 is 0 Å². The first-order valence-corrected chi connectivity index (χ1v) is 5.37. The fraction of sp³-hybridized carbons (Fsp3) is 0.333. The predicted octanol–water partition coefficient (Wildman–Crippen LogP) is 4.43. The van der Waals surface area contributed by atoms with Gasteiger partial charge in [-0.3, -0.25) is 0 Å². The van der Waals surface area contributed by atoms with Crippen LogP contribution in [0.4, 0.5) is 0 Å². The van der Waals surface area contributed by atoms with Crippen LogP contribution in [0.2, 0.25) is 0 Å². The van der Waals surface area contributed by atoms with E-state index in [1.54, 1.807) is 0 Å².